The van der Waals surface area contributed by atoms with Gasteiger partial charge in [-0.2, -0.15) is 5.21 Å². The summed E-state index contributed by atoms with van der Waals surface area (Å²) in [7, 11) is 0. The Morgan fingerprint density at radius 2 is 2.08 bits per heavy atom. The summed E-state index contributed by atoms with van der Waals surface area (Å²) in [5.74, 6) is -2.21. The summed E-state index contributed by atoms with van der Waals surface area (Å²) in [6.07, 6.45) is 2.21. The van der Waals surface area contributed by atoms with Crippen molar-refractivity contribution in [2.75, 3.05) is 0 Å². The molecular weight excluding hydrogens is 369 g/mol. The third kappa shape index (κ3) is 4.03. The first-order chi connectivity index (χ1) is 10.6. The van der Waals surface area contributed by atoms with Crippen LogP contribution < -0.4 is 5.32 Å². The zero-order valence-corrected chi connectivity index (χ0v) is 13.3. The number of amides is 1. The van der Waals surface area contributed by atoms with Crippen LogP contribution in [0.1, 0.15) is 27.9 Å². The molecule has 1 unspecified atom stereocenters. The van der Waals surface area contributed by atoms with Crippen molar-refractivity contribution in [2.24, 2.45) is 0 Å². The highest BCUT2D eigenvalue weighted by atomic mass is 35.5. The molecule has 0 bridgehead atoms. The average Bonchev–Trinajstić information content (AvgIpc) is 3.18. The number of H-pyrrole nitrogens is 1. The molecule has 0 aliphatic carbocycles. The van der Waals surface area contributed by atoms with Gasteiger partial charge in [0.25, 0.3) is 5.91 Å². The Labute approximate surface area is 145 Å². The lowest BCUT2D eigenvalue weighted by Gasteiger charge is -2.15. The Kier molecular flexibility index (Phi) is 6.74. The van der Waals surface area contributed by atoms with Crippen LogP contribution in [0.4, 0.5) is 8.78 Å². The number of halogens is 4. The van der Waals surface area contributed by atoms with Crippen LogP contribution in [0.25, 0.3) is 0 Å². The molecule has 1 amide bonds. The lowest BCUT2D eigenvalue weighted by atomic mass is 10.1. The topological polar surface area (TPSA) is 110 Å². The van der Waals surface area contributed by atoms with Gasteiger partial charge in [0.1, 0.15) is 23.9 Å². The van der Waals surface area contributed by atoms with Crippen molar-refractivity contribution in [1.82, 2.24) is 30.9 Å². The molecule has 8 nitrogen and oxygen atoms in total. The number of carbonyl (C=O) groups is 1. The van der Waals surface area contributed by atoms with Gasteiger partial charge in [-0.1, -0.05) is 11.3 Å². The summed E-state index contributed by atoms with van der Waals surface area (Å²) in [6, 6.07) is 1.89. The van der Waals surface area contributed by atoms with E-state index in [1.165, 1.54) is 6.07 Å². The fourth-order valence-corrected chi connectivity index (χ4v) is 1.84. The molecule has 0 fully saturated rings. The lowest BCUT2D eigenvalue weighted by molar-refractivity contribution is 0.0936. The van der Waals surface area contributed by atoms with Gasteiger partial charge < -0.3 is 9.73 Å². The molecule has 0 saturated carbocycles. The van der Waals surface area contributed by atoms with Crippen LogP contribution in [-0.4, -0.2) is 31.5 Å². The average molecular weight is 379 g/mol. The number of tetrazole rings is 1. The van der Waals surface area contributed by atoms with Crippen LogP contribution in [0.3, 0.4) is 0 Å². The van der Waals surface area contributed by atoms with Crippen LogP contribution in [0, 0.1) is 11.6 Å². The molecular formula is C12H10Cl2F2N6O2. The quantitative estimate of drug-likeness (QED) is 0.716. The SMILES string of the molecule is Cl.Cl.O=C(NC(c1nn[nH]n1)c1ccc(F)cc1F)c1cocn1. The van der Waals surface area contributed by atoms with Gasteiger partial charge in [-0.05, 0) is 6.07 Å². The highest BCUT2D eigenvalue weighted by molar-refractivity contribution is 5.92. The monoisotopic (exact) mass is 378 g/mol. The molecule has 1 aromatic carbocycles. The van der Waals surface area contributed by atoms with Gasteiger partial charge in [-0.15, -0.1) is 35.0 Å². The van der Waals surface area contributed by atoms with Crippen molar-refractivity contribution in [3.05, 3.63) is 59.6 Å². The zero-order valence-electron chi connectivity index (χ0n) is 11.6. The van der Waals surface area contributed by atoms with E-state index in [0.29, 0.717) is 6.07 Å². The molecule has 0 aliphatic heterocycles. The van der Waals surface area contributed by atoms with Gasteiger partial charge in [-0.25, -0.2) is 13.8 Å². The predicted molar refractivity (Wildman–Crippen MR) is 80.8 cm³/mol. The third-order valence-corrected chi connectivity index (χ3v) is 2.83. The lowest BCUT2D eigenvalue weighted by Crippen LogP contribution is -2.31. The van der Waals surface area contributed by atoms with Gasteiger partial charge in [0, 0.05) is 11.6 Å². The third-order valence-electron chi connectivity index (χ3n) is 2.83. The summed E-state index contributed by atoms with van der Waals surface area (Å²) in [6.45, 7) is 0. The Morgan fingerprint density at radius 1 is 1.29 bits per heavy atom. The summed E-state index contributed by atoms with van der Waals surface area (Å²) in [5.41, 5.74) is -0.0179. The van der Waals surface area contributed by atoms with Crippen molar-refractivity contribution >= 4 is 30.7 Å². The molecule has 0 saturated heterocycles. The second-order valence-electron chi connectivity index (χ2n) is 4.22. The maximum Gasteiger partial charge on any atom is 0.274 e. The largest absolute Gasteiger partial charge is 0.451 e. The summed E-state index contributed by atoms with van der Waals surface area (Å²) in [5, 5.41) is 15.5. The number of carbonyl (C=O) groups excluding carboxylic acids is 1. The van der Waals surface area contributed by atoms with E-state index in [1.54, 1.807) is 0 Å². The Balaban J connectivity index is 0.00000144. The van der Waals surface area contributed by atoms with E-state index in [2.05, 4.69) is 30.9 Å². The molecule has 3 aromatic rings. The van der Waals surface area contributed by atoms with Crippen molar-refractivity contribution in [1.29, 1.82) is 0 Å². The molecule has 2 heterocycles. The first kappa shape index (κ1) is 19.5. The number of nitrogens with zero attached hydrogens (tertiary/aromatic N) is 4. The Bertz CT molecular complexity index is 785. The molecule has 2 aromatic heterocycles. The molecule has 0 aliphatic rings. The number of benzene rings is 1. The number of hydrogen-bond acceptors (Lipinski definition) is 6. The van der Waals surface area contributed by atoms with Crippen LogP contribution >= 0.6 is 24.8 Å². The molecule has 1 atom stereocenters. The maximum absolute atomic E-state index is 14.0. The van der Waals surface area contributed by atoms with Crippen molar-refractivity contribution < 1.29 is 18.0 Å². The standard InChI is InChI=1S/C12H8F2N6O2.2ClH/c13-6-1-2-7(8(14)3-6)10(11-17-19-20-18-11)16-12(21)9-4-22-5-15-9;;/h1-5,10H,(H,16,21)(H,17,18,19,20);2*1H. The van der Waals surface area contributed by atoms with E-state index in [-0.39, 0.29) is 41.9 Å². The van der Waals surface area contributed by atoms with Crippen LogP contribution in [0.5, 0.6) is 0 Å². The van der Waals surface area contributed by atoms with Crippen molar-refractivity contribution in [2.45, 2.75) is 6.04 Å². The van der Waals surface area contributed by atoms with E-state index in [4.69, 9.17) is 4.42 Å². The second-order valence-corrected chi connectivity index (χ2v) is 4.22. The minimum absolute atomic E-state index is 0. The number of nitrogens with one attached hydrogen (secondary N) is 2. The number of aromatic nitrogens is 5. The van der Waals surface area contributed by atoms with E-state index >= 15 is 0 Å². The van der Waals surface area contributed by atoms with Gasteiger partial charge in [0.2, 0.25) is 5.82 Å². The van der Waals surface area contributed by atoms with Gasteiger partial charge in [-0.3, -0.25) is 4.79 Å². The molecule has 24 heavy (non-hydrogen) atoms. The zero-order chi connectivity index (χ0) is 15.5. The molecule has 0 radical (unpaired) electrons. The first-order valence-corrected chi connectivity index (χ1v) is 6.02. The van der Waals surface area contributed by atoms with E-state index in [0.717, 1.165) is 18.7 Å². The Morgan fingerprint density at radius 3 is 2.67 bits per heavy atom. The van der Waals surface area contributed by atoms with Crippen LogP contribution in [0.2, 0.25) is 0 Å². The summed E-state index contributed by atoms with van der Waals surface area (Å²) in [4.78, 5) is 15.7. The molecule has 0 spiro atoms. The van der Waals surface area contributed by atoms with E-state index < -0.39 is 23.6 Å². The van der Waals surface area contributed by atoms with Crippen LogP contribution in [-0.2, 0) is 0 Å². The highest BCUT2D eigenvalue weighted by Gasteiger charge is 2.25. The smallest absolute Gasteiger partial charge is 0.274 e. The fourth-order valence-electron chi connectivity index (χ4n) is 1.84. The maximum atomic E-state index is 14.0. The highest BCUT2D eigenvalue weighted by Crippen LogP contribution is 2.22. The van der Waals surface area contributed by atoms with Gasteiger partial charge in [0.05, 0.1) is 0 Å². The van der Waals surface area contributed by atoms with E-state index in [9.17, 15) is 13.6 Å². The van der Waals surface area contributed by atoms with Gasteiger partial charge >= 0.3 is 0 Å². The predicted octanol–water partition coefficient (Wildman–Crippen LogP) is 1.83. The minimum atomic E-state index is -1.07. The number of aromatic amines is 1. The molecule has 128 valence electrons. The summed E-state index contributed by atoms with van der Waals surface area (Å²) < 4.78 is 31.7. The molecule has 12 heteroatoms. The van der Waals surface area contributed by atoms with E-state index in [1.807, 2.05) is 0 Å². The second kappa shape index (κ2) is 8.31. The molecule has 3 rings (SSSR count). The van der Waals surface area contributed by atoms with Gasteiger partial charge in [0.15, 0.2) is 12.1 Å². The number of hydrogen-bond donors (Lipinski definition) is 2. The minimum Gasteiger partial charge on any atom is -0.451 e. The van der Waals surface area contributed by atoms with Crippen LogP contribution in [0.15, 0.2) is 35.3 Å². The number of oxazole rings is 1. The number of rotatable bonds is 4. The normalized spacial score (nSPS) is 11.1. The molecule has 2 N–H and O–H groups in total. The summed E-state index contributed by atoms with van der Waals surface area (Å²) >= 11 is 0. The van der Waals surface area contributed by atoms with Crippen molar-refractivity contribution in [3.8, 4) is 0 Å². The van der Waals surface area contributed by atoms with Crippen molar-refractivity contribution in [3.63, 3.8) is 0 Å². The fraction of sp³-hybridized carbons (Fsp3) is 0.0833. The first-order valence-electron chi connectivity index (χ1n) is 6.02. The Hall–Kier alpha value is -2.59.